The summed E-state index contributed by atoms with van der Waals surface area (Å²) in [6, 6.07) is 14.7. The van der Waals surface area contributed by atoms with Crippen LogP contribution in [-0.4, -0.2) is 8.42 Å². The monoisotopic (exact) mass is 267 g/mol. The highest BCUT2D eigenvalue weighted by Crippen LogP contribution is 2.20. The topological polar surface area (TPSA) is 43.4 Å². The molecule has 0 N–H and O–H groups in total. The van der Waals surface area contributed by atoms with Crippen molar-refractivity contribution in [3.05, 3.63) is 59.6 Å². The molecular formula is C12H8ClO3S. The van der Waals surface area contributed by atoms with Gasteiger partial charge in [-0.15, -0.1) is 0 Å². The Bertz CT molecular complexity index is 591. The fourth-order valence-corrected chi connectivity index (χ4v) is 2.26. The largest absolute Gasteiger partial charge is 0.379 e. The third kappa shape index (κ3) is 2.99. The van der Waals surface area contributed by atoms with Crippen molar-refractivity contribution >= 4 is 21.7 Å². The molecule has 1 radical (unpaired) electrons. The van der Waals surface area contributed by atoms with Crippen LogP contribution in [0.2, 0.25) is 5.02 Å². The second-order valence-electron chi connectivity index (χ2n) is 3.23. The molecule has 0 heterocycles. The van der Waals surface area contributed by atoms with Crippen molar-refractivity contribution in [3.8, 4) is 5.75 Å². The second kappa shape index (κ2) is 4.77. The lowest BCUT2D eigenvalue weighted by Crippen LogP contribution is -2.09. The maximum absolute atomic E-state index is 11.8. The van der Waals surface area contributed by atoms with E-state index in [0.29, 0.717) is 5.02 Å². The molecule has 2 rings (SSSR count). The van der Waals surface area contributed by atoms with E-state index in [1.54, 1.807) is 12.1 Å². The predicted molar refractivity (Wildman–Crippen MR) is 64.5 cm³/mol. The van der Waals surface area contributed by atoms with E-state index in [1.165, 1.54) is 36.4 Å². The van der Waals surface area contributed by atoms with Crippen LogP contribution in [0.5, 0.6) is 5.75 Å². The van der Waals surface area contributed by atoms with Gasteiger partial charge in [-0.05, 0) is 42.5 Å². The Labute approximate surface area is 105 Å². The average molecular weight is 268 g/mol. The van der Waals surface area contributed by atoms with E-state index in [-0.39, 0.29) is 10.6 Å². The standard InChI is InChI=1S/C12H8ClO3S/c13-10-6-8-11(9-7-10)16-17(14,15)12-4-2-1-3-5-12/h2-9H. The van der Waals surface area contributed by atoms with Gasteiger partial charge in [0.2, 0.25) is 0 Å². The lowest BCUT2D eigenvalue weighted by Gasteiger charge is -2.06. The van der Waals surface area contributed by atoms with Gasteiger partial charge in [-0.25, -0.2) is 0 Å². The Kier molecular flexibility index (Phi) is 3.36. The molecular weight excluding hydrogens is 260 g/mol. The van der Waals surface area contributed by atoms with E-state index >= 15 is 0 Å². The highest BCUT2D eigenvalue weighted by Gasteiger charge is 2.15. The van der Waals surface area contributed by atoms with Crippen LogP contribution in [0.3, 0.4) is 0 Å². The van der Waals surface area contributed by atoms with Crippen molar-refractivity contribution in [2.45, 2.75) is 4.90 Å². The van der Waals surface area contributed by atoms with Crippen LogP contribution < -0.4 is 4.18 Å². The zero-order chi connectivity index (χ0) is 12.3. The zero-order valence-electron chi connectivity index (χ0n) is 8.63. The van der Waals surface area contributed by atoms with Gasteiger partial charge in [0.15, 0.2) is 0 Å². The third-order valence-corrected chi connectivity index (χ3v) is 3.51. The van der Waals surface area contributed by atoms with Crippen LogP contribution >= 0.6 is 11.6 Å². The molecule has 0 saturated carbocycles. The molecule has 5 heteroatoms. The van der Waals surface area contributed by atoms with Crippen molar-refractivity contribution in [2.75, 3.05) is 0 Å². The summed E-state index contributed by atoms with van der Waals surface area (Å²) in [4.78, 5) is 0.0891. The van der Waals surface area contributed by atoms with E-state index in [4.69, 9.17) is 15.8 Å². The molecule has 0 aliphatic rings. The van der Waals surface area contributed by atoms with Crippen LogP contribution in [0.1, 0.15) is 0 Å². The van der Waals surface area contributed by atoms with Gasteiger partial charge in [0, 0.05) is 5.02 Å². The second-order valence-corrected chi connectivity index (χ2v) is 5.21. The Hall–Kier alpha value is -1.52. The van der Waals surface area contributed by atoms with Gasteiger partial charge in [0.05, 0.1) is 0 Å². The van der Waals surface area contributed by atoms with Gasteiger partial charge >= 0.3 is 10.1 Å². The molecule has 17 heavy (non-hydrogen) atoms. The Morgan fingerprint density at radius 1 is 1.00 bits per heavy atom. The lowest BCUT2D eigenvalue weighted by molar-refractivity contribution is 0.486. The van der Waals surface area contributed by atoms with Crippen molar-refractivity contribution in [3.63, 3.8) is 0 Å². The summed E-state index contributed by atoms with van der Waals surface area (Å²) < 4.78 is 28.6. The molecule has 2 aromatic rings. The number of hydrogen-bond acceptors (Lipinski definition) is 3. The summed E-state index contributed by atoms with van der Waals surface area (Å²) >= 11 is 5.69. The highest BCUT2D eigenvalue weighted by atomic mass is 35.5. The summed E-state index contributed by atoms with van der Waals surface area (Å²) in [5, 5.41) is 0.518. The van der Waals surface area contributed by atoms with Crippen molar-refractivity contribution in [2.24, 2.45) is 0 Å². The number of rotatable bonds is 3. The normalized spacial score (nSPS) is 11.1. The fourth-order valence-electron chi connectivity index (χ4n) is 1.20. The summed E-state index contributed by atoms with van der Waals surface area (Å²) in [5.74, 6) is 0.224. The molecule has 0 saturated heterocycles. The van der Waals surface area contributed by atoms with E-state index in [1.807, 2.05) is 0 Å². The maximum atomic E-state index is 11.8. The molecule has 0 fully saturated rings. The van der Waals surface area contributed by atoms with E-state index < -0.39 is 10.1 Å². The van der Waals surface area contributed by atoms with Gasteiger partial charge in [-0.1, -0.05) is 23.7 Å². The molecule has 0 spiro atoms. The molecule has 0 unspecified atom stereocenters. The summed E-state index contributed by atoms with van der Waals surface area (Å²) in [6.07, 6.45) is 0. The summed E-state index contributed by atoms with van der Waals surface area (Å²) in [7, 11) is -3.79. The van der Waals surface area contributed by atoms with E-state index in [9.17, 15) is 8.42 Å². The maximum Gasteiger partial charge on any atom is 0.339 e. The lowest BCUT2D eigenvalue weighted by atomic mass is 10.3. The van der Waals surface area contributed by atoms with Gasteiger partial charge in [-0.3, -0.25) is 0 Å². The third-order valence-electron chi connectivity index (χ3n) is 2.00. The summed E-state index contributed by atoms with van der Waals surface area (Å²) in [5.41, 5.74) is 0. The van der Waals surface area contributed by atoms with Crippen molar-refractivity contribution < 1.29 is 12.6 Å². The van der Waals surface area contributed by atoms with Crippen LogP contribution in [0.15, 0.2) is 53.4 Å². The minimum Gasteiger partial charge on any atom is -0.379 e. The molecule has 0 amide bonds. The predicted octanol–water partition coefficient (Wildman–Crippen LogP) is 2.91. The van der Waals surface area contributed by atoms with Crippen LogP contribution in [-0.2, 0) is 10.1 Å². The van der Waals surface area contributed by atoms with Gasteiger partial charge in [0.1, 0.15) is 10.6 Å². The molecule has 0 aliphatic heterocycles. The van der Waals surface area contributed by atoms with Crippen molar-refractivity contribution in [1.82, 2.24) is 0 Å². The van der Waals surface area contributed by atoms with Gasteiger partial charge < -0.3 is 4.18 Å². The SMILES string of the molecule is O=S(=O)(Oc1ccc(Cl)cc1)c1cc[c]cc1. The molecule has 0 aliphatic carbocycles. The first kappa shape index (κ1) is 12.0. The fraction of sp³-hybridized carbons (Fsp3) is 0. The number of benzene rings is 2. The first-order chi connectivity index (χ1) is 8.08. The van der Waals surface area contributed by atoms with Gasteiger partial charge in [-0.2, -0.15) is 8.42 Å². The highest BCUT2D eigenvalue weighted by molar-refractivity contribution is 7.87. The zero-order valence-corrected chi connectivity index (χ0v) is 10.2. The number of hydrogen-bond donors (Lipinski definition) is 0. The average Bonchev–Trinajstić information content (AvgIpc) is 2.33. The minimum absolute atomic E-state index is 0.0891. The molecule has 3 nitrogen and oxygen atoms in total. The van der Waals surface area contributed by atoms with E-state index in [2.05, 4.69) is 6.07 Å². The van der Waals surface area contributed by atoms with Crippen LogP contribution in [0.25, 0.3) is 0 Å². The Morgan fingerprint density at radius 3 is 2.18 bits per heavy atom. The van der Waals surface area contributed by atoms with Crippen LogP contribution in [0, 0.1) is 6.07 Å². The van der Waals surface area contributed by atoms with E-state index in [0.717, 1.165) is 0 Å². The van der Waals surface area contributed by atoms with Crippen LogP contribution in [0.4, 0.5) is 0 Å². The molecule has 0 atom stereocenters. The molecule has 2 aromatic carbocycles. The number of halogens is 1. The smallest absolute Gasteiger partial charge is 0.339 e. The molecule has 0 bridgehead atoms. The minimum atomic E-state index is -3.79. The van der Waals surface area contributed by atoms with Gasteiger partial charge in [0.25, 0.3) is 0 Å². The Morgan fingerprint density at radius 2 is 1.59 bits per heavy atom. The molecule has 87 valence electrons. The first-order valence-corrected chi connectivity index (χ1v) is 6.53. The summed E-state index contributed by atoms with van der Waals surface area (Å²) in [6.45, 7) is 0. The van der Waals surface area contributed by atoms with Crippen molar-refractivity contribution in [1.29, 1.82) is 0 Å². The quantitative estimate of drug-likeness (QED) is 0.803. The molecule has 0 aromatic heterocycles. The first-order valence-electron chi connectivity index (χ1n) is 4.74. The Balaban J connectivity index is 2.27.